The van der Waals surface area contributed by atoms with Crippen molar-refractivity contribution in [1.29, 1.82) is 5.26 Å². The number of allylic oxidation sites excluding steroid dienone is 1. The Kier molecular flexibility index (Phi) is 8.71. The molecule has 1 nitrogen and oxygen atoms in total. The molecule has 4 rings (SSSR count). The van der Waals surface area contributed by atoms with Crippen LogP contribution in [-0.2, 0) is 6.42 Å². The fourth-order valence-corrected chi connectivity index (χ4v) is 6.24. The number of nitriles is 1. The van der Waals surface area contributed by atoms with Crippen molar-refractivity contribution in [2.24, 2.45) is 11.8 Å². The lowest BCUT2D eigenvalue weighted by atomic mass is 9.76. The molecule has 0 atom stereocenters. The highest BCUT2D eigenvalue weighted by atomic mass is 19.1. The van der Waals surface area contributed by atoms with Crippen LogP contribution in [-0.4, -0.2) is 0 Å². The first kappa shape index (κ1) is 25.5. The first-order valence-electron chi connectivity index (χ1n) is 13.3. The van der Waals surface area contributed by atoms with Gasteiger partial charge in [0.15, 0.2) is 0 Å². The molecule has 0 aliphatic heterocycles. The first-order chi connectivity index (χ1) is 17.0. The standard InChI is InChI=1S/C31H36F3N/c1-2-3-4-21-5-10-23(11-6-21)26-16-15-25(29(32)17-26)14-9-22-7-12-24(13-8-22)27-18-30(33)28(20-35)31(34)19-27/h2,15-19,21-24H,1,3-14H2. The van der Waals surface area contributed by atoms with Gasteiger partial charge in [-0.1, -0.05) is 18.2 Å². The topological polar surface area (TPSA) is 23.8 Å². The van der Waals surface area contributed by atoms with Crippen LogP contribution in [0, 0.1) is 40.6 Å². The molecule has 2 fully saturated rings. The third-order valence-electron chi connectivity index (χ3n) is 8.49. The van der Waals surface area contributed by atoms with Gasteiger partial charge in [-0.2, -0.15) is 5.26 Å². The fraction of sp³-hybridized carbons (Fsp3) is 0.516. The summed E-state index contributed by atoms with van der Waals surface area (Å²) in [5, 5.41) is 8.87. The van der Waals surface area contributed by atoms with Crippen LogP contribution in [0.25, 0.3) is 0 Å². The van der Waals surface area contributed by atoms with Crippen LogP contribution < -0.4 is 0 Å². The zero-order valence-corrected chi connectivity index (χ0v) is 20.5. The molecule has 0 bridgehead atoms. The third kappa shape index (κ3) is 6.37. The Hall–Kier alpha value is -2.54. The minimum Gasteiger partial charge on any atom is -0.207 e. The van der Waals surface area contributed by atoms with E-state index in [0.717, 1.165) is 74.8 Å². The van der Waals surface area contributed by atoms with E-state index in [9.17, 15) is 13.2 Å². The van der Waals surface area contributed by atoms with Crippen LogP contribution in [0.5, 0.6) is 0 Å². The van der Waals surface area contributed by atoms with Crippen molar-refractivity contribution in [3.8, 4) is 6.07 Å². The minimum atomic E-state index is -0.774. The minimum absolute atomic E-state index is 0.0755. The maximum absolute atomic E-state index is 14.9. The predicted octanol–water partition coefficient (Wildman–Crippen LogP) is 9.12. The molecular formula is C31H36F3N. The lowest BCUT2D eigenvalue weighted by Gasteiger charge is -2.29. The summed E-state index contributed by atoms with van der Waals surface area (Å²) < 4.78 is 42.9. The van der Waals surface area contributed by atoms with Gasteiger partial charge in [-0.15, -0.1) is 6.58 Å². The van der Waals surface area contributed by atoms with Gasteiger partial charge in [-0.25, -0.2) is 13.2 Å². The van der Waals surface area contributed by atoms with Crippen LogP contribution in [0.15, 0.2) is 43.0 Å². The molecule has 0 spiro atoms. The maximum Gasteiger partial charge on any atom is 0.144 e. The Morgan fingerprint density at radius 3 is 1.86 bits per heavy atom. The van der Waals surface area contributed by atoms with Crippen LogP contribution in [0.1, 0.15) is 105 Å². The number of hydrogen-bond acceptors (Lipinski definition) is 1. The van der Waals surface area contributed by atoms with E-state index in [-0.39, 0.29) is 11.7 Å². The molecule has 2 aliphatic carbocycles. The summed E-state index contributed by atoms with van der Waals surface area (Å²) in [7, 11) is 0. The van der Waals surface area contributed by atoms with Crippen LogP contribution in [0.2, 0.25) is 0 Å². The number of rotatable bonds is 8. The van der Waals surface area contributed by atoms with E-state index in [0.29, 0.717) is 17.4 Å². The molecule has 0 aromatic heterocycles. The highest BCUT2D eigenvalue weighted by Crippen LogP contribution is 2.40. The Balaban J connectivity index is 1.26. The third-order valence-corrected chi connectivity index (χ3v) is 8.49. The summed E-state index contributed by atoms with van der Waals surface area (Å²) >= 11 is 0. The van der Waals surface area contributed by atoms with Crippen LogP contribution >= 0.6 is 0 Å². The van der Waals surface area contributed by atoms with Crippen molar-refractivity contribution in [1.82, 2.24) is 0 Å². The quantitative estimate of drug-likeness (QED) is 0.346. The summed E-state index contributed by atoms with van der Waals surface area (Å²) in [6, 6.07) is 10.1. The van der Waals surface area contributed by atoms with Gasteiger partial charge in [-0.3, -0.25) is 0 Å². The van der Waals surface area contributed by atoms with Crippen molar-refractivity contribution in [2.45, 2.75) is 88.9 Å². The summed E-state index contributed by atoms with van der Waals surface area (Å²) in [6.07, 6.45) is 14.4. The van der Waals surface area contributed by atoms with Gasteiger partial charge in [0.1, 0.15) is 29.1 Å². The Labute approximate surface area is 208 Å². The molecule has 0 saturated heterocycles. The average molecular weight is 480 g/mol. The zero-order valence-electron chi connectivity index (χ0n) is 20.5. The number of aryl methyl sites for hydroxylation is 1. The summed E-state index contributed by atoms with van der Waals surface area (Å²) in [4.78, 5) is 0. The lowest BCUT2D eigenvalue weighted by Crippen LogP contribution is -2.15. The monoisotopic (exact) mass is 479 g/mol. The largest absolute Gasteiger partial charge is 0.207 e. The fourth-order valence-electron chi connectivity index (χ4n) is 6.24. The molecular weight excluding hydrogens is 443 g/mol. The van der Waals surface area contributed by atoms with Crippen LogP contribution in [0.3, 0.4) is 0 Å². The second-order valence-electron chi connectivity index (χ2n) is 10.7. The predicted molar refractivity (Wildman–Crippen MR) is 135 cm³/mol. The first-order valence-corrected chi connectivity index (χ1v) is 13.3. The van der Waals surface area contributed by atoms with Crippen molar-refractivity contribution < 1.29 is 13.2 Å². The van der Waals surface area contributed by atoms with E-state index in [2.05, 4.69) is 12.6 Å². The highest BCUT2D eigenvalue weighted by molar-refractivity contribution is 5.36. The molecule has 0 amide bonds. The average Bonchev–Trinajstić information content (AvgIpc) is 2.87. The second-order valence-corrected chi connectivity index (χ2v) is 10.7. The van der Waals surface area contributed by atoms with Crippen LogP contribution in [0.4, 0.5) is 13.2 Å². The Morgan fingerprint density at radius 1 is 0.771 bits per heavy atom. The van der Waals surface area contributed by atoms with Gasteiger partial charge in [-0.05, 0) is 136 Å². The lowest BCUT2D eigenvalue weighted by molar-refractivity contribution is 0.308. The van der Waals surface area contributed by atoms with Gasteiger partial charge in [0.2, 0.25) is 0 Å². The maximum atomic E-state index is 14.9. The zero-order chi connectivity index (χ0) is 24.8. The van der Waals surface area contributed by atoms with E-state index < -0.39 is 17.2 Å². The molecule has 0 unspecified atom stereocenters. The van der Waals surface area contributed by atoms with Gasteiger partial charge in [0.25, 0.3) is 0 Å². The Morgan fingerprint density at radius 2 is 1.31 bits per heavy atom. The van der Waals surface area contributed by atoms with Crippen molar-refractivity contribution in [3.05, 3.63) is 82.7 Å². The van der Waals surface area contributed by atoms with Gasteiger partial charge >= 0.3 is 0 Å². The van der Waals surface area contributed by atoms with Crippen molar-refractivity contribution >= 4 is 0 Å². The number of halogens is 3. The van der Waals surface area contributed by atoms with Gasteiger partial charge < -0.3 is 0 Å². The van der Waals surface area contributed by atoms with E-state index in [4.69, 9.17) is 5.26 Å². The SMILES string of the molecule is C=CCCC1CCC(c2ccc(CCC3CCC(c4cc(F)c(C#N)c(F)c4)CC3)c(F)c2)CC1. The van der Waals surface area contributed by atoms with Crippen molar-refractivity contribution in [2.75, 3.05) is 0 Å². The number of nitrogens with zero attached hydrogens (tertiary/aromatic N) is 1. The van der Waals surface area contributed by atoms with Crippen molar-refractivity contribution in [3.63, 3.8) is 0 Å². The molecule has 0 heterocycles. The van der Waals surface area contributed by atoms with Gasteiger partial charge in [0, 0.05) is 0 Å². The van der Waals surface area contributed by atoms with E-state index in [1.54, 1.807) is 12.1 Å². The van der Waals surface area contributed by atoms with E-state index in [1.807, 2.05) is 12.1 Å². The molecule has 0 radical (unpaired) electrons. The molecule has 186 valence electrons. The second kappa shape index (κ2) is 11.9. The Bertz CT molecular complexity index is 1030. The van der Waals surface area contributed by atoms with Gasteiger partial charge in [0.05, 0.1) is 0 Å². The molecule has 2 saturated carbocycles. The number of benzene rings is 2. The summed E-state index contributed by atoms with van der Waals surface area (Å²) in [6.45, 7) is 3.82. The van der Waals surface area contributed by atoms with E-state index in [1.165, 1.54) is 31.4 Å². The number of hydrogen-bond donors (Lipinski definition) is 0. The molecule has 2 aromatic carbocycles. The summed E-state index contributed by atoms with van der Waals surface area (Å²) in [5.41, 5.74) is 2.09. The molecule has 4 heteroatoms. The molecule has 2 aromatic rings. The molecule has 0 N–H and O–H groups in total. The molecule has 35 heavy (non-hydrogen) atoms. The molecule has 2 aliphatic rings. The summed E-state index contributed by atoms with van der Waals surface area (Å²) in [5.74, 6) is 0.265. The normalized spacial score (nSPS) is 24.6. The highest BCUT2D eigenvalue weighted by Gasteiger charge is 2.25. The smallest absolute Gasteiger partial charge is 0.144 e. The van der Waals surface area contributed by atoms with E-state index >= 15 is 0 Å².